The topological polar surface area (TPSA) is 64.4 Å². The molecule has 2 atom stereocenters. The van der Waals surface area contributed by atoms with Crippen molar-refractivity contribution in [2.24, 2.45) is 5.92 Å². The lowest BCUT2D eigenvalue weighted by Crippen LogP contribution is -2.59. The Hall–Kier alpha value is -2.35. The van der Waals surface area contributed by atoms with Crippen molar-refractivity contribution in [1.82, 2.24) is 4.90 Å². The van der Waals surface area contributed by atoms with Crippen LogP contribution in [0.4, 0.5) is 5.69 Å². The highest BCUT2D eigenvalue weighted by Crippen LogP contribution is 2.22. The maximum Gasteiger partial charge on any atom is 0.251 e. The molecular weight excluding hydrogens is 254 g/mol. The molecule has 5 heteroatoms. The van der Waals surface area contributed by atoms with Crippen LogP contribution >= 0.6 is 0 Å². The zero-order valence-electron chi connectivity index (χ0n) is 11.6. The fourth-order valence-corrected chi connectivity index (χ4v) is 2.29. The fourth-order valence-electron chi connectivity index (χ4n) is 2.29. The summed E-state index contributed by atoms with van der Waals surface area (Å²) < 4.78 is 0. The van der Waals surface area contributed by atoms with Gasteiger partial charge in [-0.25, -0.2) is 0 Å². The van der Waals surface area contributed by atoms with Crippen LogP contribution in [-0.2, 0) is 9.59 Å². The summed E-state index contributed by atoms with van der Waals surface area (Å²) in [4.78, 5) is 27.5. The Morgan fingerprint density at radius 1 is 1.35 bits per heavy atom. The molecule has 20 heavy (non-hydrogen) atoms. The van der Waals surface area contributed by atoms with Crippen molar-refractivity contribution in [1.29, 1.82) is 5.26 Å². The molecule has 1 heterocycles. The van der Waals surface area contributed by atoms with Crippen molar-refractivity contribution in [3.05, 3.63) is 30.3 Å². The van der Waals surface area contributed by atoms with Crippen molar-refractivity contribution in [2.45, 2.75) is 19.9 Å². The number of anilines is 1. The van der Waals surface area contributed by atoms with Crippen LogP contribution in [0.15, 0.2) is 30.3 Å². The molecule has 1 fully saturated rings. The van der Waals surface area contributed by atoms with E-state index in [9.17, 15) is 9.59 Å². The molecular formula is C15H17N3O2. The molecule has 2 rings (SSSR count). The van der Waals surface area contributed by atoms with Gasteiger partial charge in [-0.3, -0.25) is 14.5 Å². The summed E-state index contributed by atoms with van der Waals surface area (Å²) in [6, 6.07) is 11.1. The maximum atomic E-state index is 12.3. The highest BCUT2D eigenvalue weighted by atomic mass is 16.2. The van der Waals surface area contributed by atoms with Crippen molar-refractivity contribution < 1.29 is 9.59 Å². The number of hydrogen-bond donors (Lipinski definition) is 0. The quantitative estimate of drug-likeness (QED) is 0.780. The average Bonchev–Trinajstić information content (AvgIpc) is 2.48. The lowest BCUT2D eigenvalue weighted by molar-refractivity contribution is -0.147. The van der Waals surface area contributed by atoms with Gasteiger partial charge in [-0.05, 0) is 26.0 Å². The van der Waals surface area contributed by atoms with Crippen LogP contribution in [0.2, 0.25) is 0 Å². The van der Waals surface area contributed by atoms with Crippen LogP contribution in [-0.4, -0.2) is 35.8 Å². The van der Waals surface area contributed by atoms with Gasteiger partial charge in [-0.15, -0.1) is 0 Å². The normalized spacial score (nSPS) is 20.8. The van der Waals surface area contributed by atoms with Crippen molar-refractivity contribution in [3.63, 3.8) is 0 Å². The molecule has 2 unspecified atom stereocenters. The Bertz CT molecular complexity index is 550. The van der Waals surface area contributed by atoms with Gasteiger partial charge >= 0.3 is 0 Å². The number of carbonyl (C=O) groups is 2. The zero-order chi connectivity index (χ0) is 14.7. The highest BCUT2D eigenvalue weighted by molar-refractivity contribution is 6.04. The van der Waals surface area contributed by atoms with E-state index in [2.05, 4.69) is 6.07 Å². The lowest BCUT2D eigenvalue weighted by Gasteiger charge is -2.39. The molecule has 0 radical (unpaired) electrons. The first kappa shape index (κ1) is 14.1. The summed E-state index contributed by atoms with van der Waals surface area (Å²) in [7, 11) is 0. The van der Waals surface area contributed by atoms with E-state index in [1.807, 2.05) is 30.3 Å². The van der Waals surface area contributed by atoms with Crippen LogP contribution in [0.5, 0.6) is 0 Å². The second kappa shape index (κ2) is 5.74. The largest absolute Gasteiger partial charge is 0.350 e. The number of nitrogens with zero attached hydrogens (tertiary/aromatic N) is 3. The smallest absolute Gasteiger partial charge is 0.251 e. The summed E-state index contributed by atoms with van der Waals surface area (Å²) in [5.74, 6) is -0.843. The summed E-state index contributed by atoms with van der Waals surface area (Å²) in [6.45, 7) is 3.82. The lowest BCUT2D eigenvalue weighted by atomic mass is 10.1. The first-order valence-electron chi connectivity index (χ1n) is 6.60. The van der Waals surface area contributed by atoms with Crippen LogP contribution in [0.3, 0.4) is 0 Å². The summed E-state index contributed by atoms with van der Waals surface area (Å²) in [5, 5.41) is 8.82. The second-order valence-corrected chi connectivity index (χ2v) is 5.01. The Morgan fingerprint density at radius 2 is 2.00 bits per heavy atom. The molecule has 104 valence electrons. The monoisotopic (exact) mass is 271 g/mol. The second-order valence-electron chi connectivity index (χ2n) is 5.01. The number of carbonyl (C=O) groups excluding carboxylic acids is 2. The van der Waals surface area contributed by atoms with Gasteiger partial charge in [0.05, 0.1) is 18.5 Å². The van der Waals surface area contributed by atoms with Crippen molar-refractivity contribution in [2.75, 3.05) is 18.0 Å². The van der Waals surface area contributed by atoms with Gasteiger partial charge < -0.3 is 4.90 Å². The highest BCUT2D eigenvalue weighted by Gasteiger charge is 2.37. The number of amides is 2. The molecule has 0 saturated carbocycles. The minimum atomic E-state index is -0.402. The molecule has 0 aromatic heterocycles. The van der Waals surface area contributed by atoms with Gasteiger partial charge in [-0.2, -0.15) is 5.26 Å². The number of piperazine rings is 1. The van der Waals surface area contributed by atoms with Crippen molar-refractivity contribution in [3.8, 4) is 6.07 Å². The van der Waals surface area contributed by atoms with E-state index in [-0.39, 0.29) is 30.8 Å². The molecule has 1 aliphatic rings. The number of rotatable bonds is 3. The Morgan fingerprint density at radius 3 is 2.60 bits per heavy atom. The molecule has 1 saturated heterocycles. The maximum absolute atomic E-state index is 12.3. The first-order chi connectivity index (χ1) is 9.54. The standard InChI is InChI=1S/C15H17N3O2/c1-11(8-16)9-18-14(19)10-17(12(2)15(18)20)13-6-4-3-5-7-13/h3-7,11-12H,9-10H2,1-2H3. The van der Waals surface area contributed by atoms with E-state index in [1.54, 1.807) is 18.7 Å². The van der Waals surface area contributed by atoms with E-state index >= 15 is 0 Å². The van der Waals surface area contributed by atoms with E-state index < -0.39 is 6.04 Å². The fraction of sp³-hybridized carbons (Fsp3) is 0.400. The Balaban J connectivity index is 2.19. The summed E-state index contributed by atoms with van der Waals surface area (Å²) in [5.41, 5.74) is 0.856. The average molecular weight is 271 g/mol. The predicted octanol–water partition coefficient (Wildman–Crippen LogP) is 1.41. The van der Waals surface area contributed by atoms with Gasteiger partial charge in [0.25, 0.3) is 5.91 Å². The number of hydrogen-bond acceptors (Lipinski definition) is 4. The molecule has 0 aliphatic carbocycles. The molecule has 0 spiro atoms. The van der Waals surface area contributed by atoms with Gasteiger partial charge in [0.1, 0.15) is 6.04 Å². The number of benzene rings is 1. The van der Waals surface area contributed by atoms with Gasteiger partial charge in [0.15, 0.2) is 0 Å². The molecule has 1 aliphatic heterocycles. The van der Waals surface area contributed by atoms with Crippen LogP contribution in [0, 0.1) is 17.2 Å². The summed E-state index contributed by atoms with van der Waals surface area (Å²) in [6.07, 6.45) is 0. The van der Waals surface area contributed by atoms with E-state index in [0.717, 1.165) is 5.69 Å². The first-order valence-corrected chi connectivity index (χ1v) is 6.60. The third-order valence-corrected chi connectivity index (χ3v) is 3.46. The SMILES string of the molecule is CC(C#N)CN1C(=O)CN(c2ccccc2)C(C)C1=O. The van der Waals surface area contributed by atoms with Crippen LogP contribution < -0.4 is 4.90 Å². The van der Waals surface area contributed by atoms with Gasteiger partial charge in [0, 0.05) is 12.2 Å². The molecule has 2 amide bonds. The minimum absolute atomic E-state index is 0.162. The Kier molecular flexibility index (Phi) is 4.04. The number of imide groups is 1. The van der Waals surface area contributed by atoms with Crippen LogP contribution in [0.1, 0.15) is 13.8 Å². The van der Waals surface area contributed by atoms with Gasteiger partial charge in [0.2, 0.25) is 5.91 Å². The number of para-hydroxylation sites is 1. The third kappa shape index (κ3) is 2.64. The third-order valence-electron chi connectivity index (χ3n) is 3.46. The molecule has 5 nitrogen and oxygen atoms in total. The zero-order valence-corrected chi connectivity index (χ0v) is 11.6. The minimum Gasteiger partial charge on any atom is -0.350 e. The number of nitriles is 1. The van der Waals surface area contributed by atoms with Gasteiger partial charge in [-0.1, -0.05) is 18.2 Å². The van der Waals surface area contributed by atoms with E-state index in [4.69, 9.17) is 5.26 Å². The molecule has 0 bridgehead atoms. The van der Waals surface area contributed by atoms with Crippen molar-refractivity contribution >= 4 is 17.5 Å². The Labute approximate surface area is 118 Å². The predicted molar refractivity (Wildman–Crippen MR) is 74.7 cm³/mol. The molecule has 0 N–H and O–H groups in total. The molecule has 1 aromatic carbocycles. The van der Waals surface area contributed by atoms with E-state index in [1.165, 1.54) is 4.90 Å². The van der Waals surface area contributed by atoms with Crippen LogP contribution in [0.25, 0.3) is 0 Å². The van der Waals surface area contributed by atoms with E-state index in [0.29, 0.717) is 0 Å². The summed E-state index contributed by atoms with van der Waals surface area (Å²) >= 11 is 0. The molecule has 1 aromatic rings.